The molecule has 2 aliphatic rings. The van der Waals surface area contributed by atoms with Crippen LogP contribution in [0.15, 0.2) is 200 Å². The molecule has 0 amide bonds. The van der Waals surface area contributed by atoms with Crippen LogP contribution in [0.4, 0.5) is 0 Å². The van der Waals surface area contributed by atoms with Crippen molar-refractivity contribution in [2.24, 2.45) is 0 Å². The van der Waals surface area contributed by atoms with E-state index in [1.807, 2.05) is 17.5 Å². The molecular weight excluding hydrogens is 895 g/mol. The fraction of sp³-hybridized carbons (Fsp3) is 0.106. The van der Waals surface area contributed by atoms with Crippen molar-refractivity contribution in [1.29, 1.82) is 0 Å². The predicted octanol–water partition coefficient (Wildman–Crippen LogP) is 17.9. The second-order valence-corrected chi connectivity index (χ2v) is 27.2. The van der Waals surface area contributed by atoms with Crippen LogP contribution in [-0.4, -0.2) is 22.2 Å². The number of hydrogen-bond donors (Lipinski definition) is 0. The number of rotatable bonds is 3. The Bertz CT molecular complexity index is 4420. The quantitative estimate of drug-likeness (QED) is 0.162. The molecule has 15 rings (SSSR count). The summed E-state index contributed by atoms with van der Waals surface area (Å²) in [6.07, 6.45) is 3.27. The largest absolute Gasteiger partial charge is 0.309 e. The van der Waals surface area contributed by atoms with E-state index in [1.54, 1.807) is 10.8 Å². The van der Waals surface area contributed by atoms with Gasteiger partial charge in [-0.05, 0) is 140 Å². The van der Waals surface area contributed by atoms with Crippen molar-refractivity contribution in [2.75, 3.05) is 0 Å². The van der Waals surface area contributed by atoms with Crippen molar-refractivity contribution < 1.29 is 0 Å². The molecule has 0 saturated heterocycles. The molecule has 9 aromatic carbocycles. The summed E-state index contributed by atoms with van der Waals surface area (Å²) in [5.74, 6) is 0.971. The zero-order valence-corrected chi connectivity index (χ0v) is 42.0. The number of hydrogen-bond acceptors (Lipinski definition) is 2. The highest BCUT2D eigenvalue weighted by Crippen LogP contribution is 2.50. The molecule has 71 heavy (non-hydrogen) atoms. The average molecular weight is 944 g/mol. The van der Waals surface area contributed by atoms with E-state index in [-0.39, 0.29) is 5.41 Å². The van der Waals surface area contributed by atoms with Crippen molar-refractivity contribution >= 4 is 88.4 Å². The number of aromatic nitrogens is 3. The monoisotopic (exact) mass is 943 g/mol. The van der Waals surface area contributed by atoms with E-state index in [0.717, 1.165) is 16.9 Å². The molecule has 1 aliphatic heterocycles. The van der Waals surface area contributed by atoms with Gasteiger partial charge in [0.15, 0.2) is 5.82 Å². The normalized spacial score (nSPS) is 14.6. The minimum absolute atomic E-state index is 0.171. The second kappa shape index (κ2) is 14.8. The van der Waals surface area contributed by atoms with Gasteiger partial charge in [0.2, 0.25) is 0 Å². The lowest BCUT2D eigenvalue weighted by atomic mass is 9.80. The lowest BCUT2D eigenvalue weighted by Crippen LogP contribution is -2.50. The van der Waals surface area contributed by atoms with Gasteiger partial charge in [-0.3, -0.25) is 4.57 Å². The third-order valence-corrected chi connectivity index (χ3v) is 21.0. The lowest BCUT2D eigenvalue weighted by Gasteiger charge is -2.40. The minimum atomic E-state index is -1.61. The fourth-order valence-electron chi connectivity index (χ4n) is 12.7. The Balaban J connectivity index is 0.887. The Hall–Kier alpha value is -7.83. The fourth-order valence-corrected chi connectivity index (χ4v) is 17.0. The highest BCUT2D eigenvalue weighted by Gasteiger charge is 2.39. The maximum atomic E-state index is 5.24. The molecule has 0 N–H and O–H groups in total. The Labute approximate surface area is 417 Å². The molecule has 0 saturated carbocycles. The molecule has 0 spiro atoms. The smallest absolute Gasteiger partial charge is 0.155 e. The number of benzene rings is 9. The van der Waals surface area contributed by atoms with Gasteiger partial charge in [-0.25, -0.2) is 4.98 Å². The molecule has 5 heterocycles. The standard InChI is InChI=1S/C66H49N3SSi/c1-66(2)32-34-71(3,4)63-39-61-55(38-57(63)66)51-22-11-13-23-58(51)68(61)42-27-30-62-56(37-42)52-31-33-67-65(64(52)70-62)69-59-24-14-12-21-50(59)54-36-41(26-29-60(54)69)40-25-28-49-47-19-8-7-17-45(47)43-15-5-6-16-44(43)46-18-9-10-20-48(46)53(49)35-40/h5-31,33,35-39H,32,34H2,1-4H3. The van der Waals surface area contributed by atoms with Gasteiger partial charge in [-0.2, -0.15) is 0 Å². The Morgan fingerprint density at radius 1 is 0.451 bits per heavy atom. The SMILES string of the molecule is CC1(C)CC[Si](C)(C)c2cc3c(cc21)c1ccccc1n3-c1ccc2sc3c(-n4c5ccccc5c5cc(-c6ccc7c(c6)-c6ccccc6-c6ccccc6-c6ccccc6-7)ccc54)nccc3c2c1. The van der Waals surface area contributed by atoms with E-state index < -0.39 is 8.07 Å². The summed E-state index contributed by atoms with van der Waals surface area (Å²) in [4.78, 5) is 5.24. The third kappa shape index (κ3) is 5.91. The van der Waals surface area contributed by atoms with Crippen molar-refractivity contribution in [3.05, 3.63) is 206 Å². The van der Waals surface area contributed by atoms with Crippen molar-refractivity contribution in [3.63, 3.8) is 0 Å². The topological polar surface area (TPSA) is 22.8 Å². The average Bonchev–Trinajstić information content (AvgIpc) is 4.07. The molecule has 0 bridgehead atoms. The molecule has 0 atom stereocenters. The summed E-state index contributed by atoms with van der Waals surface area (Å²) >= 11 is 1.85. The molecule has 0 unspecified atom stereocenters. The first kappa shape index (κ1) is 41.0. The van der Waals surface area contributed by atoms with Crippen molar-refractivity contribution in [2.45, 2.75) is 44.8 Å². The summed E-state index contributed by atoms with van der Waals surface area (Å²) in [5, 5.41) is 9.24. The van der Waals surface area contributed by atoms with E-state index >= 15 is 0 Å². The van der Waals surface area contributed by atoms with Gasteiger partial charge in [0.1, 0.15) is 0 Å². The zero-order valence-electron chi connectivity index (χ0n) is 40.2. The maximum absolute atomic E-state index is 5.24. The summed E-state index contributed by atoms with van der Waals surface area (Å²) in [6.45, 7) is 10.0. The van der Waals surface area contributed by atoms with Crippen LogP contribution in [0.1, 0.15) is 25.8 Å². The zero-order chi connectivity index (χ0) is 47.3. The van der Waals surface area contributed by atoms with Crippen molar-refractivity contribution in [1.82, 2.24) is 14.1 Å². The van der Waals surface area contributed by atoms with Gasteiger partial charge in [-0.15, -0.1) is 11.3 Å². The summed E-state index contributed by atoms with van der Waals surface area (Å²) in [6, 6.07) is 74.5. The number of para-hydroxylation sites is 2. The van der Waals surface area contributed by atoms with Crippen LogP contribution in [0.2, 0.25) is 19.1 Å². The molecule has 3 nitrogen and oxygen atoms in total. The van der Waals surface area contributed by atoms with Gasteiger partial charge in [0.25, 0.3) is 0 Å². The first-order valence-corrected chi connectivity index (χ1v) is 29.1. The van der Waals surface area contributed by atoms with Gasteiger partial charge in [0, 0.05) is 48.9 Å². The van der Waals surface area contributed by atoms with Crippen LogP contribution in [-0.2, 0) is 5.41 Å². The molecule has 1 aliphatic carbocycles. The molecule has 5 heteroatoms. The maximum Gasteiger partial charge on any atom is 0.155 e. The van der Waals surface area contributed by atoms with Crippen LogP contribution in [0.25, 0.3) is 131 Å². The molecule has 13 aromatic rings. The second-order valence-electron chi connectivity index (χ2n) is 21.3. The van der Waals surface area contributed by atoms with E-state index in [2.05, 4.69) is 230 Å². The molecular formula is C66H49N3SSi. The van der Waals surface area contributed by atoms with E-state index in [4.69, 9.17) is 4.98 Å². The van der Waals surface area contributed by atoms with Crippen LogP contribution in [0, 0.1) is 0 Å². The Morgan fingerprint density at radius 3 is 1.68 bits per heavy atom. The van der Waals surface area contributed by atoms with E-state index in [1.165, 1.54) is 127 Å². The highest BCUT2D eigenvalue weighted by atomic mass is 32.1. The summed E-state index contributed by atoms with van der Waals surface area (Å²) in [7, 11) is -1.61. The van der Waals surface area contributed by atoms with Gasteiger partial charge in [-0.1, -0.05) is 166 Å². The van der Waals surface area contributed by atoms with E-state index in [0.29, 0.717) is 0 Å². The molecule has 338 valence electrons. The first-order valence-electron chi connectivity index (χ1n) is 25.1. The van der Waals surface area contributed by atoms with Crippen LogP contribution < -0.4 is 5.19 Å². The van der Waals surface area contributed by atoms with Crippen LogP contribution in [0.5, 0.6) is 0 Å². The summed E-state index contributed by atoms with van der Waals surface area (Å²) < 4.78 is 7.40. The minimum Gasteiger partial charge on any atom is -0.309 e. The number of fused-ring (bicyclic) bond motifs is 18. The third-order valence-electron chi connectivity index (χ3n) is 16.4. The Kier molecular flexibility index (Phi) is 8.57. The molecule has 0 radical (unpaired) electrons. The van der Waals surface area contributed by atoms with Gasteiger partial charge >= 0.3 is 0 Å². The highest BCUT2D eigenvalue weighted by molar-refractivity contribution is 7.26. The summed E-state index contributed by atoms with van der Waals surface area (Å²) in [5.41, 5.74) is 20.3. The van der Waals surface area contributed by atoms with E-state index in [9.17, 15) is 0 Å². The van der Waals surface area contributed by atoms with Crippen LogP contribution >= 0.6 is 11.3 Å². The number of thiophene rings is 1. The number of pyridine rings is 1. The van der Waals surface area contributed by atoms with Gasteiger partial charge < -0.3 is 4.57 Å². The molecule has 0 fully saturated rings. The predicted molar refractivity (Wildman–Crippen MR) is 306 cm³/mol. The number of nitrogens with zero attached hydrogens (tertiary/aromatic N) is 3. The first-order chi connectivity index (χ1) is 34.7. The van der Waals surface area contributed by atoms with Gasteiger partial charge in [0.05, 0.1) is 34.8 Å². The Morgan fingerprint density at radius 2 is 1.00 bits per heavy atom. The molecule has 4 aromatic heterocycles. The van der Waals surface area contributed by atoms with Crippen molar-refractivity contribution in [3.8, 4) is 67.1 Å². The lowest BCUT2D eigenvalue weighted by molar-refractivity contribution is 0.499. The van der Waals surface area contributed by atoms with Crippen LogP contribution in [0.3, 0.4) is 0 Å².